The van der Waals surface area contributed by atoms with Gasteiger partial charge in [-0.15, -0.1) is 0 Å². The third-order valence-corrected chi connectivity index (χ3v) is 2.96. The minimum absolute atomic E-state index is 0.420. The highest BCUT2D eigenvalue weighted by atomic mass is 79.9. The number of carboxylic acids is 1. The summed E-state index contributed by atoms with van der Waals surface area (Å²) in [6.07, 6.45) is 2.64. The first-order valence-corrected chi connectivity index (χ1v) is 6.09. The Balaban J connectivity index is 2.67. The zero-order chi connectivity index (χ0) is 12.0. The molecule has 0 bridgehead atoms. The normalized spacial score (nSPS) is 12.9. The molecule has 2 nitrogen and oxygen atoms in total. The molecule has 0 saturated heterocycles. The van der Waals surface area contributed by atoms with Crippen molar-refractivity contribution in [2.75, 3.05) is 0 Å². The third-order valence-electron chi connectivity index (χ3n) is 2.25. The van der Waals surface area contributed by atoms with Crippen LogP contribution >= 0.6 is 27.5 Å². The first kappa shape index (κ1) is 13.3. The average molecular weight is 304 g/mol. The van der Waals surface area contributed by atoms with Crippen molar-refractivity contribution < 1.29 is 9.90 Å². The summed E-state index contributed by atoms with van der Waals surface area (Å²) in [5.74, 6) is -1.21. The average Bonchev–Trinajstić information content (AvgIpc) is 2.26. The van der Waals surface area contributed by atoms with Crippen molar-refractivity contribution in [3.05, 3.63) is 45.9 Å². The third kappa shape index (κ3) is 4.37. The van der Waals surface area contributed by atoms with E-state index in [4.69, 9.17) is 16.7 Å². The maximum atomic E-state index is 11.0. The van der Waals surface area contributed by atoms with E-state index in [1.54, 1.807) is 6.08 Å². The summed E-state index contributed by atoms with van der Waals surface area (Å²) in [5.41, 5.74) is 2.37. The maximum Gasteiger partial charge on any atom is 0.307 e. The number of aliphatic carboxylic acids is 1. The molecule has 86 valence electrons. The fourth-order valence-electron chi connectivity index (χ4n) is 1.39. The van der Waals surface area contributed by atoms with Crippen LogP contribution in [0.2, 0.25) is 0 Å². The zero-order valence-corrected chi connectivity index (χ0v) is 10.9. The molecule has 1 aromatic carbocycles. The summed E-state index contributed by atoms with van der Waals surface area (Å²) >= 11 is 8.73. The Morgan fingerprint density at radius 3 is 2.56 bits per heavy atom. The Kier molecular flexibility index (Phi) is 5.56. The second-order valence-electron chi connectivity index (χ2n) is 3.46. The van der Waals surface area contributed by atoms with Crippen molar-refractivity contribution in [3.63, 3.8) is 0 Å². The molecule has 1 N–H and O–H groups in total. The highest BCUT2D eigenvalue weighted by molar-refractivity contribution is 9.10. The number of carboxylic acid groups (broad SMARTS) is 1. The zero-order valence-electron chi connectivity index (χ0n) is 8.57. The molecule has 0 fully saturated rings. The van der Waals surface area contributed by atoms with Crippen LogP contribution in [-0.4, -0.2) is 11.1 Å². The van der Waals surface area contributed by atoms with Crippen molar-refractivity contribution in [2.45, 2.75) is 12.8 Å². The Morgan fingerprint density at radius 2 is 2.06 bits per heavy atom. The van der Waals surface area contributed by atoms with E-state index in [1.165, 1.54) is 5.54 Å². The molecular formula is C12H12BrClO2. The molecule has 0 aliphatic rings. The van der Waals surface area contributed by atoms with Crippen LogP contribution in [0.4, 0.5) is 0 Å². The van der Waals surface area contributed by atoms with E-state index in [2.05, 4.69) is 15.9 Å². The molecule has 0 heterocycles. The lowest BCUT2D eigenvalue weighted by molar-refractivity contribution is -0.141. The van der Waals surface area contributed by atoms with Crippen LogP contribution in [0.1, 0.15) is 12.0 Å². The number of allylic oxidation sites excluding steroid dienone is 1. The summed E-state index contributed by atoms with van der Waals surface area (Å²) in [6.45, 7) is 0. The monoisotopic (exact) mass is 302 g/mol. The van der Waals surface area contributed by atoms with Gasteiger partial charge < -0.3 is 5.11 Å². The van der Waals surface area contributed by atoms with E-state index in [9.17, 15) is 4.79 Å². The van der Waals surface area contributed by atoms with Crippen molar-refractivity contribution in [1.82, 2.24) is 0 Å². The number of hydrogen-bond acceptors (Lipinski definition) is 1. The molecule has 1 aromatic rings. The Labute approximate surface area is 108 Å². The van der Waals surface area contributed by atoms with Gasteiger partial charge in [-0.1, -0.05) is 45.7 Å². The lowest BCUT2D eigenvalue weighted by Crippen LogP contribution is -2.15. The fourth-order valence-corrected chi connectivity index (χ4v) is 1.76. The van der Waals surface area contributed by atoms with Gasteiger partial charge in [-0.3, -0.25) is 4.79 Å². The Bertz CT molecular complexity index is 373. The number of hydrogen-bond donors (Lipinski definition) is 1. The highest BCUT2D eigenvalue weighted by Gasteiger charge is 2.16. The van der Waals surface area contributed by atoms with E-state index < -0.39 is 11.9 Å². The molecule has 1 rings (SSSR count). The van der Waals surface area contributed by atoms with Gasteiger partial charge in [0.05, 0.1) is 5.92 Å². The standard InChI is InChI=1S/C12H12BrClO2/c13-11-5-3-9(4-6-11)8-10(12(15)16)2-1-7-14/h1,3-7,10H,2,8H2,(H,15,16)/b7-1+. The van der Waals surface area contributed by atoms with Crippen LogP contribution in [0.5, 0.6) is 0 Å². The molecule has 0 saturated carbocycles. The molecule has 0 spiro atoms. The van der Waals surface area contributed by atoms with Crippen molar-refractivity contribution >= 4 is 33.5 Å². The molecule has 1 unspecified atom stereocenters. The molecule has 0 aliphatic carbocycles. The number of rotatable bonds is 5. The maximum absolute atomic E-state index is 11.0. The first-order valence-electron chi connectivity index (χ1n) is 4.86. The van der Waals surface area contributed by atoms with E-state index in [0.29, 0.717) is 12.8 Å². The lowest BCUT2D eigenvalue weighted by Gasteiger charge is -2.09. The van der Waals surface area contributed by atoms with Crippen LogP contribution < -0.4 is 0 Å². The number of halogens is 2. The predicted octanol–water partition coefficient (Wildman–Crippen LogP) is 3.84. The topological polar surface area (TPSA) is 37.3 Å². The van der Waals surface area contributed by atoms with Crippen LogP contribution in [0, 0.1) is 5.92 Å². The Morgan fingerprint density at radius 1 is 1.44 bits per heavy atom. The SMILES string of the molecule is O=C(O)C(C/C=C/Cl)Cc1ccc(Br)cc1. The lowest BCUT2D eigenvalue weighted by atomic mass is 9.96. The summed E-state index contributed by atoms with van der Waals surface area (Å²) in [6, 6.07) is 7.66. The molecular weight excluding hydrogens is 291 g/mol. The van der Waals surface area contributed by atoms with Crippen LogP contribution in [-0.2, 0) is 11.2 Å². The van der Waals surface area contributed by atoms with Crippen molar-refractivity contribution in [3.8, 4) is 0 Å². The van der Waals surface area contributed by atoms with Crippen molar-refractivity contribution in [1.29, 1.82) is 0 Å². The summed E-state index contributed by atoms with van der Waals surface area (Å²) in [4.78, 5) is 11.0. The molecule has 0 amide bonds. The quantitative estimate of drug-likeness (QED) is 0.897. The number of benzene rings is 1. The molecule has 1 atom stereocenters. The fraction of sp³-hybridized carbons (Fsp3) is 0.250. The van der Waals surface area contributed by atoms with E-state index in [1.807, 2.05) is 24.3 Å². The van der Waals surface area contributed by atoms with Gasteiger partial charge >= 0.3 is 5.97 Å². The van der Waals surface area contributed by atoms with Gasteiger partial charge in [0.1, 0.15) is 0 Å². The first-order chi connectivity index (χ1) is 7.63. The smallest absolute Gasteiger partial charge is 0.307 e. The van der Waals surface area contributed by atoms with Crippen LogP contribution in [0.3, 0.4) is 0 Å². The predicted molar refractivity (Wildman–Crippen MR) is 68.6 cm³/mol. The van der Waals surface area contributed by atoms with Gasteiger partial charge in [0.25, 0.3) is 0 Å². The van der Waals surface area contributed by atoms with Gasteiger partial charge in [-0.25, -0.2) is 0 Å². The molecule has 4 heteroatoms. The Hall–Kier alpha value is -0.800. The van der Waals surface area contributed by atoms with E-state index in [0.717, 1.165) is 10.0 Å². The highest BCUT2D eigenvalue weighted by Crippen LogP contribution is 2.16. The van der Waals surface area contributed by atoms with E-state index in [-0.39, 0.29) is 0 Å². The number of carbonyl (C=O) groups is 1. The molecule has 16 heavy (non-hydrogen) atoms. The largest absolute Gasteiger partial charge is 0.481 e. The molecule has 0 aliphatic heterocycles. The second-order valence-corrected chi connectivity index (χ2v) is 4.63. The van der Waals surface area contributed by atoms with E-state index >= 15 is 0 Å². The second kappa shape index (κ2) is 6.71. The summed E-state index contributed by atoms with van der Waals surface area (Å²) in [5, 5.41) is 9.03. The minimum atomic E-state index is -0.794. The summed E-state index contributed by atoms with van der Waals surface area (Å²) in [7, 11) is 0. The van der Waals surface area contributed by atoms with Gasteiger partial charge in [0.2, 0.25) is 0 Å². The minimum Gasteiger partial charge on any atom is -0.481 e. The summed E-state index contributed by atoms with van der Waals surface area (Å²) < 4.78 is 0.990. The van der Waals surface area contributed by atoms with Gasteiger partial charge in [0, 0.05) is 10.0 Å². The van der Waals surface area contributed by atoms with Gasteiger partial charge in [0.15, 0.2) is 0 Å². The van der Waals surface area contributed by atoms with Gasteiger partial charge in [-0.05, 0) is 30.5 Å². The van der Waals surface area contributed by atoms with Gasteiger partial charge in [-0.2, -0.15) is 0 Å². The molecule has 0 radical (unpaired) electrons. The molecule has 0 aromatic heterocycles. The van der Waals surface area contributed by atoms with Crippen LogP contribution in [0.15, 0.2) is 40.3 Å². The van der Waals surface area contributed by atoms with Crippen LogP contribution in [0.25, 0.3) is 0 Å². The van der Waals surface area contributed by atoms with Crippen molar-refractivity contribution in [2.24, 2.45) is 5.92 Å².